The number of aryl methyl sites for hydroxylation is 2. The van der Waals surface area contributed by atoms with Gasteiger partial charge in [0.05, 0.1) is 16.5 Å². The number of nitrogens with one attached hydrogen (secondary N) is 2. The summed E-state index contributed by atoms with van der Waals surface area (Å²) in [5.41, 5.74) is 4.97. The second-order valence-corrected chi connectivity index (χ2v) is 9.69. The molecule has 0 spiro atoms. The number of amides is 1. The molecule has 9 heteroatoms. The van der Waals surface area contributed by atoms with E-state index in [4.69, 9.17) is 39.8 Å². The van der Waals surface area contributed by atoms with Crippen molar-refractivity contribution in [1.29, 1.82) is 0 Å². The zero-order valence-corrected chi connectivity index (χ0v) is 20.9. The second-order valence-electron chi connectivity index (χ2n) is 7.39. The second kappa shape index (κ2) is 10.1. The highest BCUT2D eigenvalue weighted by Crippen LogP contribution is 2.31. The summed E-state index contributed by atoms with van der Waals surface area (Å²) in [4.78, 5) is 17.8. The monoisotopic (exact) mass is 515 g/mol. The molecule has 0 saturated heterocycles. The minimum atomic E-state index is -0.232. The molecule has 0 aliphatic carbocycles. The standard InChI is InChI=1S/C24H19Cl2N3O2S2/c1-13-9-14(2)22-20(10-13)27-23(31-22)15-3-8-18(26)19(11-15)28-24(32)29-21(30)12-33-17-6-4-16(25)5-7-17/h3-11H,12H2,1-2H3,(H2,28,29,30,32). The van der Waals surface area contributed by atoms with E-state index >= 15 is 0 Å². The van der Waals surface area contributed by atoms with Crippen LogP contribution in [0.1, 0.15) is 11.1 Å². The van der Waals surface area contributed by atoms with Crippen molar-refractivity contribution in [2.75, 3.05) is 11.1 Å². The number of rotatable bonds is 5. The number of carbonyl (C=O) groups is 1. The molecule has 0 saturated carbocycles. The van der Waals surface area contributed by atoms with Crippen molar-refractivity contribution in [3.8, 4) is 11.5 Å². The van der Waals surface area contributed by atoms with Gasteiger partial charge in [-0.15, -0.1) is 11.8 Å². The van der Waals surface area contributed by atoms with E-state index in [0.717, 1.165) is 32.7 Å². The molecule has 168 valence electrons. The fraction of sp³-hybridized carbons (Fsp3) is 0.125. The van der Waals surface area contributed by atoms with Crippen molar-refractivity contribution < 1.29 is 9.21 Å². The summed E-state index contributed by atoms with van der Waals surface area (Å²) in [6.45, 7) is 4.01. The van der Waals surface area contributed by atoms with Gasteiger partial charge in [0.2, 0.25) is 11.8 Å². The SMILES string of the molecule is Cc1cc(C)c2oc(-c3ccc(Cl)c(NC(=S)NC(=O)CSc4ccc(Cl)cc4)c3)nc2c1. The average Bonchev–Trinajstić information content (AvgIpc) is 3.19. The molecule has 2 N–H and O–H groups in total. The molecular formula is C24H19Cl2N3O2S2. The number of hydrogen-bond donors (Lipinski definition) is 2. The number of oxazole rings is 1. The van der Waals surface area contributed by atoms with Gasteiger partial charge in [-0.2, -0.15) is 0 Å². The first kappa shape index (κ1) is 23.6. The van der Waals surface area contributed by atoms with Gasteiger partial charge < -0.3 is 15.1 Å². The van der Waals surface area contributed by atoms with Crippen LogP contribution in [0.3, 0.4) is 0 Å². The normalized spacial score (nSPS) is 10.9. The molecule has 3 aromatic carbocycles. The highest BCUT2D eigenvalue weighted by atomic mass is 35.5. The largest absolute Gasteiger partial charge is 0.436 e. The fourth-order valence-corrected chi connectivity index (χ4v) is 4.46. The summed E-state index contributed by atoms with van der Waals surface area (Å²) < 4.78 is 5.99. The van der Waals surface area contributed by atoms with E-state index in [1.165, 1.54) is 11.8 Å². The first-order chi connectivity index (χ1) is 15.8. The average molecular weight is 516 g/mol. The molecule has 0 aliphatic rings. The molecule has 0 atom stereocenters. The maximum Gasteiger partial charge on any atom is 0.236 e. The predicted molar refractivity (Wildman–Crippen MR) is 140 cm³/mol. The number of hydrogen-bond acceptors (Lipinski definition) is 5. The van der Waals surface area contributed by atoms with Crippen LogP contribution in [0.2, 0.25) is 10.0 Å². The van der Waals surface area contributed by atoms with Crippen LogP contribution in [0.25, 0.3) is 22.6 Å². The van der Waals surface area contributed by atoms with Crippen molar-refractivity contribution in [1.82, 2.24) is 10.3 Å². The number of anilines is 1. The van der Waals surface area contributed by atoms with Gasteiger partial charge >= 0.3 is 0 Å². The van der Waals surface area contributed by atoms with Gasteiger partial charge in [0.1, 0.15) is 5.52 Å². The molecular weight excluding hydrogens is 497 g/mol. The molecule has 0 bridgehead atoms. The highest BCUT2D eigenvalue weighted by Gasteiger charge is 2.14. The molecule has 4 rings (SSSR count). The van der Waals surface area contributed by atoms with Crippen LogP contribution >= 0.6 is 47.2 Å². The Balaban J connectivity index is 1.43. The Labute approximate surface area is 210 Å². The Bertz CT molecular complexity index is 1350. The van der Waals surface area contributed by atoms with Crippen molar-refractivity contribution in [3.05, 3.63) is 75.8 Å². The summed E-state index contributed by atoms with van der Waals surface area (Å²) in [6.07, 6.45) is 0. The Kier molecular flexibility index (Phi) is 7.24. The lowest BCUT2D eigenvalue weighted by molar-refractivity contribution is -0.117. The molecule has 0 aliphatic heterocycles. The summed E-state index contributed by atoms with van der Waals surface area (Å²) in [6, 6.07) is 16.7. The Morgan fingerprint density at radius 2 is 1.85 bits per heavy atom. The van der Waals surface area contributed by atoms with Crippen molar-refractivity contribution in [3.63, 3.8) is 0 Å². The lowest BCUT2D eigenvalue weighted by Gasteiger charge is -2.11. The Morgan fingerprint density at radius 3 is 2.61 bits per heavy atom. The van der Waals surface area contributed by atoms with Crippen LogP contribution in [0, 0.1) is 13.8 Å². The zero-order valence-electron chi connectivity index (χ0n) is 17.7. The number of thioether (sulfide) groups is 1. The molecule has 0 unspecified atom stereocenters. The van der Waals surface area contributed by atoms with Crippen LogP contribution in [-0.2, 0) is 4.79 Å². The number of carbonyl (C=O) groups excluding carboxylic acids is 1. The van der Waals surface area contributed by atoms with Gasteiger partial charge in [0.25, 0.3) is 0 Å². The van der Waals surface area contributed by atoms with Gasteiger partial charge in [-0.3, -0.25) is 4.79 Å². The van der Waals surface area contributed by atoms with Gasteiger partial charge in [-0.1, -0.05) is 29.3 Å². The zero-order chi connectivity index (χ0) is 23.5. The van der Waals surface area contributed by atoms with E-state index in [2.05, 4.69) is 21.7 Å². The van der Waals surface area contributed by atoms with Crippen LogP contribution in [0.4, 0.5) is 5.69 Å². The molecule has 4 aromatic rings. The molecule has 5 nitrogen and oxygen atoms in total. The smallest absolute Gasteiger partial charge is 0.236 e. The number of aromatic nitrogens is 1. The number of fused-ring (bicyclic) bond motifs is 1. The van der Waals surface area contributed by atoms with E-state index in [-0.39, 0.29) is 16.8 Å². The maximum absolute atomic E-state index is 12.3. The van der Waals surface area contributed by atoms with Gasteiger partial charge in [0.15, 0.2) is 10.7 Å². The molecule has 1 amide bonds. The maximum atomic E-state index is 12.3. The fourth-order valence-electron chi connectivity index (χ4n) is 3.25. The number of benzene rings is 3. The number of halogens is 2. The van der Waals surface area contributed by atoms with E-state index in [1.807, 2.05) is 38.1 Å². The van der Waals surface area contributed by atoms with E-state index in [1.54, 1.807) is 24.3 Å². The third-order valence-corrected chi connectivity index (χ3v) is 6.52. The minimum absolute atomic E-state index is 0.153. The Morgan fingerprint density at radius 1 is 1.09 bits per heavy atom. The summed E-state index contributed by atoms with van der Waals surface area (Å²) in [5.74, 6) is 0.455. The quantitative estimate of drug-likeness (QED) is 0.219. The summed E-state index contributed by atoms with van der Waals surface area (Å²) >= 11 is 18.9. The van der Waals surface area contributed by atoms with Crippen molar-refractivity contribution >= 4 is 75.0 Å². The van der Waals surface area contributed by atoms with E-state index < -0.39 is 0 Å². The van der Waals surface area contributed by atoms with Crippen LogP contribution in [-0.4, -0.2) is 21.8 Å². The number of nitrogens with zero attached hydrogens (tertiary/aromatic N) is 1. The van der Waals surface area contributed by atoms with Crippen molar-refractivity contribution in [2.24, 2.45) is 0 Å². The Hall–Kier alpha value is -2.58. The first-order valence-corrected chi connectivity index (χ1v) is 12.1. The van der Waals surface area contributed by atoms with Crippen molar-refractivity contribution in [2.45, 2.75) is 18.7 Å². The van der Waals surface area contributed by atoms with Gasteiger partial charge in [-0.05, 0) is 85.7 Å². The molecule has 1 heterocycles. The van der Waals surface area contributed by atoms with Gasteiger partial charge in [-0.25, -0.2) is 4.98 Å². The van der Waals surface area contributed by atoms with Gasteiger partial charge in [0, 0.05) is 15.5 Å². The molecule has 1 aromatic heterocycles. The number of thiocarbonyl (C=S) groups is 1. The summed E-state index contributed by atoms with van der Waals surface area (Å²) in [7, 11) is 0. The highest BCUT2D eigenvalue weighted by molar-refractivity contribution is 8.00. The van der Waals surface area contributed by atoms with Crippen LogP contribution in [0.5, 0.6) is 0 Å². The third kappa shape index (κ3) is 5.86. The van der Waals surface area contributed by atoms with E-state index in [0.29, 0.717) is 21.6 Å². The predicted octanol–water partition coefficient (Wildman–Crippen LogP) is 7.02. The summed E-state index contributed by atoms with van der Waals surface area (Å²) in [5, 5.41) is 6.91. The lowest BCUT2D eigenvalue weighted by Crippen LogP contribution is -2.35. The van der Waals surface area contributed by atoms with E-state index in [9.17, 15) is 4.79 Å². The molecule has 0 radical (unpaired) electrons. The lowest BCUT2D eigenvalue weighted by atomic mass is 10.1. The molecule has 0 fully saturated rings. The topological polar surface area (TPSA) is 67.2 Å². The van der Waals surface area contributed by atoms with Crippen LogP contribution in [0.15, 0.2) is 63.9 Å². The minimum Gasteiger partial charge on any atom is -0.436 e. The first-order valence-electron chi connectivity index (χ1n) is 9.95. The van der Waals surface area contributed by atoms with Crippen LogP contribution < -0.4 is 10.6 Å². The third-order valence-electron chi connectivity index (χ3n) is 4.72. The molecule has 33 heavy (non-hydrogen) atoms.